The first-order chi connectivity index (χ1) is 7.41. The first-order valence-electron chi connectivity index (χ1n) is 4.15. The van der Waals surface area contributed by atoms with E-state index >= 15 is 0 Å². The Morgan fingerprint density at radius 3 is 2.69 bits per heavy atom. The molecule has 0 bridgehead atoms. The first kappa shape index (κ1) is 11.6. The van der Waals surface area contributed by atoms with Gasteiger partial charge in [0.25, 0.3) is 10.1 Å². The van der Waals surface area contributed by atoms with Crippen molar-refractivity contribution >= 4 is 43.6 Å². The van der Waals surface area contributed by atoms with Crippen LogP contribution >= 0.6 is 22.6 Å². The van der Waals surface area contributed by atoms with Crippen molar-refractivity contribution in [3.05, 3.63) is 28.0 Å². The molecule has 1 aromatic heterocycles. The number of hydrogen-bond acceptors (Lipinski definition) is 4. The van der Waals surface area contributed by atoms with Gasteiger partial charge in [0.2, 0.25) is 0 Å². The summed E-state index contributed by atoms with van der Waals surface area (Å²) in [6, 6.07) is 4.29. The molecule has 0 aliphatic carbocycles. The monoisotopic (exact) mass is 351 g/mol. The topological polar surface area (TPSA) is 87.5 Å². The van der Waals surface area contributed by atoms with Crippen LogP contribution in [0.2, 0.25) is 0 Å². The molecule has 5 nitrogen and oxygen atoms in total. The molecule has 2 aromatic rings. The second kappa shape index (κ2) is 3.82. The zero-order valence-electron chi connectivity index (χ0n) is 7.75. The summed E-state index contributed by atoms with van der Waals surface area (Å²) in [5.41, 5.74) is 0.0583. The number of hydrogen-bond donors (Lipinski definition) is 2. The van der Waals surface area contributed by atoms with Crippen LogP contribution in [0.1, 0.15) is 0 Å². The van der Waals surface area contributed by atoms with E-state index in [1.807, 2.05) is 0 Å². The molecule has 16 heavy (non-hydrogen) atoms. The van der Waals surface area contributed by atoms with Crippen LogP contribution in [0.3, 0.4) is 0 Å². The number of halogens is 1. The second-order valence-electron chi connectivity index (χ2n) is 3.08. The molecule has 1 aromatic carbocycles. The van der Waals surface area contributed by atoms with Crippen molar-refractivity contribution in [2.45, 2.75) is 4.90 Å². The van der Waals surface area contributed by atoms with E-state index in [4.69, 9.17) is 4.55 Å². The van der Waals surface area contributed by atoms with Gasteiger partial charge in [0.05, 0.1) is 9.09 Å². The number of aromatic hydroxyl groups is 1. The highest BCUT2D eigenvalue weighted by Gasteiger charge is 2.19. The van der Waals surface area contributed by atoms with Gasteiger partial charge in [-0.1, -0.05) is 0 Å². The summed E-state index contributed by atoms with van der Waals surface area (Å²) >= 11 is 1.78. The number of aromatic nitrogens is 1. The first-order valence-corrected chi connectivity index (χ1v) is 6.67. The fourth-order valence-electron chi connectivity index (χ4n) is 1.37. The van der Waals surface area contributed by atoms with Gasteiger partial charge in [-0.3, -0.25) is 9.54 Å². The summed E-state index contributed by atoms with van der Waals surface area (Å²) in [5, 5.41) is 10.0. The molecule has 0 saturated heterocycles. The van der Waals surface area contributed by atoms with Gasteiger partial charge >= 0.3 is 0 Å². The van der Waals surface area contributed by atoms with Crippen LogP contribution in [0.25, 0.3) is 10.9 Å². The Labute approximate surface area is 105 Å². The lowest BCUT2D eigenvalue weighted by Gasteiger charge is -2.06. The maximum absolute atomic E-state index is 11.1. The summed E-state index contributed by atoms with van der Waals surface area (Å²) in [5.74, 6) is -0.0453. The predicted molar refractivity (Wildman–Crippen MR) is 65.9 cm³/mol. The van der Waals surface area contributed by atoms with Gasteiger partial charge in [-0.2, -0.15) is 8.42 Å². The van der Waals surface area contributed by atoms with E-state index in [0.29, 0.717) is 8.96 Å². The lowest BCUT2D eigenvalue weighted by molar-refractivity contribution is 0.475. The summed E-state index contributed by atoms with van der Waals surface area (Å²) in [6.45, 7) is 0. The van der Waals surface area contributed by atoms with E-state index in [1.165, 1.54) is 18.3 Å². The number of fused-ring (bicyclic) bond motifs is 1. The molecule has 0 spiro atoms. The SMILES string of the molecule is O=S(=O)(O)c1cc(I)c(O)c2cccnc12. The van der Waals surface area contributed by atoms with E-state index in [2.05, 4.69) is 4.98 Å². The van der Waals surface area contributed by atoms with Gasteiger partial charge in [-0.15, -0.1) is 0 Å². The maximum Gasteiger partial charge on any atom is 0.296 e. The largest absolute Gasteiger partial charge is 0.506 e. The summed E-state index contributed by atoms with van der Waals surface area (Å²) < 4.78 is 31.7. The van der Waals surface area contributed by atoms with Crippen LogP contribution in [0.15, 0.2) is 29.3 Å². The predicted octanol–water partition coefficient (Wildman–Crippen LogP) is 1.79. The quantitative estimate of drug-likeness (QED) is 0.604. The van der Waals surface area contributed by atoms with Gasteiger partial charge < -0.3 is 5.11 Å². The lowest BCUT2D eigenvalue weighted by Crippen LogP contribution is -2.01. The molecular formula is C9H6INO4S. The number of phenolic OH excluding ortho intramolecular Hbond substituents is 1. The van der Waals surface area contributed by atoms with E-state index in [-0.39, 0.29) is 16.2 Å². The third kappa shape index (κ3) is 1.85. The van der Waals surface area contributed by atoms with Crippen molar-refractivity contribution in [1.82, 2.24) is 4.98 Å². The zero-order chi connectivity index (χ0) is 11.9. The van der Waals surface area contributed by atoms with Gasteiger partial charge in [-0.05, 0) is 40.8 Å². The van der Waals surface area contributed by atoms with Crippen molar-refractivity contribution in [3.63, 3.8) is 0 Å². The Hall–Kier alpha value is -0.930. The normalized spacial score (nSPS) is 11.9. The fraction of sp³-hybridized carbons (Fsp3) is 0. The molecule has 0 unspecified atom stereocenters. The zero-order valence-corrected chi connectivity index (χ0v) is 10.7. The molecular weight excluding hydrogens is 345 g/mol. The average Bonchev–Trinajstić information content (AvgIpc) is 2.22. The summed E-state index contributed by atoms with van der Waals surface area (Å²) in [4.78, 5) is 3.55. The molecule has 7 heteroatoms. The van der Waals surface area contributed by atoms with Crippen molar-refractivity contribution in [2.75, 3.05) is 0 Å². The van der Waals surface area contributed by atoms with E-state index in [9.17, 15) is 13.5 Å². The minimum absolute atomic E-state index is 0.0453. The number of pyridine rings is 1. The minimum Gasteiger partial charge on any atom is -0.506 e. The summed E-state index contributed by atoms with van der Waals surface area (Å²) in [7, 11) is -4.35. The van der Waals surface area contributed by atoms with Crippen molar-refractivity contribution in [2.24, 2.45) is 0 Å². The number of phenols is 1. The molecule has 0 fully saturated rings. The molecule has 0 radical (unpaired) electrons. The van der Waals surface area contributed by atoms with Gasteiger partial charge in [0.1, 0.15) is 10.6 Å². The molecule has 84 valence electrons. The van der Waals surface area contributed by atoms with Gasteiger partial charge in [-0.25, -0.2) is 0 Å². The number of benzene rings is 1. The fourth-order valence-corrected chi connectivity index (χ4v) is 2.86. The van der Waals surface area contributed by atoms with Gasteiger partial charge in [0.15, 0.2) is 0 Å². The molecule has 0 aliphatic rings. The third-order valence-corrected chi connectivity index (χ3v) is 3.75. The highest BCUT2D eigenvalue weighted by molar-refractivity contribution is 14.1. The smallest absolute Gasteiger partial charge is 0.296 e. The Kier molecular flexibility index (Phi) is 2.76. The molecule has 0 amide bonds. The maximum atomic E-state index is 11.1. The van der Waals surface area contributed by atoms with Gasteiger partial charge in [0, 0.05) is 11.6 Å². The molecule has 1 heterocycles. The van der Waals surface area contributed by atoms with Crippen LogP contribution in [0, 0.1) is 3.57 Å². The van der Waals surface area contributed by atoms with Crippen LogP contribution < -0.4 is 0 Å². The third-order valence-electron chi connectivity index (χ3n) is 2.06. The summed E-state index contributed by atoms with van der Waals surface area (Å²) in [6.07, 6.45) is 1.39. The van der Waals surface area contributed by atoms with Crippen molar-refractivity contribution < 1.29 is 18.1 Å². The van der Waals surface area contributed by atoms with Crippen molar-refractivity contribution in [1.29, 1.82) is 0 Å². The highest BCUT2D eigenvalue weighted by Crippen LogP contribution is 2.33. The average molecular weight is 351 g/mol. The Morgan fingerprint density at radius 1 is 1.38 bits per heavy atom. The minimum atomic E-state index is -4.35. The molecule has 0 atom stereocenters. The van der Waals surface area contributed by atoms with Crippen LogP contribution in [0.5, 0.6) is 5.75 Å². The number of rotatable bonds is 1. The highest BCUT2D eigenvalue weighted by atomic mass is 127. The lowest BCUT2D eigenvalue weighted by atomic mass is 10.2. The Balaban J connectivity index is 3.02. The molecule has 2 N–H and O–H groups in total. The van der Waals surface area contributed by atoms with E-state index in [1.54, 1.807) is 28.7 Å². The van der Waals surface area contributed by atoms with Crippen LogP contribution in [-0.4, -0.2) is 23.1 Å². The second-order valence-corrected chi connectivity index (χ2v) is 5.63. The van der Waals surface area contributed by atoms with E-state index < -0.39 is 10.1 Å². The molecule has 0 saturated carbocycles. The molecule has 0 aliphatic heterocycles. The Bertz CT molecular complexity index is 669. The van der Waals surface area contributed by atoms with E-state index in [0.717, 1.165) is 0 Å². The van der Waals surface area contributed by atoms with Crippen LogP contribution in [0.4, 0.5) is 0 Å². The Morgan fingerprint density at radius 2 is 2.06 bits per heavy atom. The standard InChI is InChI=1S/C9H6INO4S/c10-6-4-7(16(13,14)15)8-5(9(6)12)2-1-3-11-8/h1-4,12H,(H,13,14,15). The number of nitrogens with zero attached hydrogens (tertiary/aromatic N) is 1. The van der Waals surface area contributed by atoms with Crippen molar-refractivity contribution in [3.8, 4) is 5.75 Å². The molecule has 2 rings (SSSR count). The van der Waals surface area contributed by atoms with Crippen LogP contribution in [-0.2, 0) is 10.1 Å².